The highest BCUT2D eigenvalue weighted by Gasteiger charge is 2.35. The quantitative estimate of drug-likeness (QED) is 0.928. The largest absolute Gasteiger partial charge is 0.368 e. The molecule has 1 atom stereocenters. The second-order valence-corrected chi connectivity index (χ2v) is 7.73. The third kappa shape index (κ3) is 3.09. The summed E-state index contributed by atoms with van der Waals surface area (Å²) in [6, 6.07) is 7.12. The summed E-state index contributed by atoms with van der Waals surface area (Å²) in [5.41, 5.74) is 3.69. The molecule has 2 heterocycles. The number of fused-ring (bicyclic) bond motifs is 4. The highest BCUT2D eigenvalue weighted by atomic mass is 16.1. The van der Waals surface area contributed by atoms with Crippen molar-refractivity contribution in [3.05, 3.63) is 23.8 Å². The van der Waals surface area contributed by atoms with Crippen molar-refractivity contribution in [3.8, 4) is 0 Å². The van der Waals surface area contributed by atoms with Gasteiger partial charge in [-0.25, -0.2) is 0 Å². The van der Waals surface area contributed by atoms with Gasteiger partial charge in [0.05, 0.1) is 0 Å². The van der Waals surface area contributed by atoms with Crippen molar-refractivity contribution in [2.45, 2.75) is 39.2 Å². The fourth-order valence-corrected chi connectivity index (χ4v) is 3.83. The van der Waals surface area contributed by atoms with E-state index in [-0.39, 0.29) is 11.8 Å². The second-order valence-electron chi connectivity index (χ2n) is 7.73. The minimum absolute atomic E-state index is 0.0152. The summed E-state index contributed by atoms with van der Waals surface area (Å²) in [7, 11) is 0. The fourth-order valence-electron chi connectivity index (χ4n) is 3.83. The molecular weight excluding hydrogens is 286 g/mol. The molecule has 1 saturated carbocycles. The standard InChI is InChI=1S/C19H27N3O/c1-13(2)19(23)20-16-6-5-15-9-17-12-22(18(15)10-16)8-7-21(17)11-14-3-4-14/h5-6,10,13-14,17H,3-4,7-9,11-12H2,1-2H3,(H,20,23). The molecule has 0 radical (unpaired) electrons. The first-order valence-electron chi connectivity index (χ1n) is 9.03. The van der Waals surface area contributed by atoms with E-state index in [0.29, 0.717) is 6.04 Å². The smallest absolute Gasteiger partial charge is 0.226 e. The number of hydrogen-bond donors (Lipinski definition) is 1. The lowest BCUT2D eigenvalue weighted by Gasteiger charge is -2.47. The Labute approximate surface area is 138 Å². The molecule has 1 aliphatic carbocycles. The van der Waals surface area contributed by atoms with Crippen LogP contribution in [0.4, 0.5) is 11.4 Å². The summed E-state index contributed by atoms with van der Waals surface area (Å²) in [4.78, 5) is 17.1. The molecular formula is C19H27N3O. The second kappa shape index (κ2) is 5.82. The van der Waals surface area contributed by atoms with Crippen LogP contribution in [0, 0.1) is 11.8 Å². The Morgan fingerprint density at radius 3 is 2.87 bits per heavy atom. The average molecular weight is 313 g/mol. The van der Waals surface area contributed by atoms with Crippen molar-refractivity contribution in [1.29, 1.82) is 0 Å². The molecule has 1 aromatic rings. The molecule has 4 nitrogen and oxygen atoms in total. The maximum Gasteiger partial charge on any atom is 0.226 e. The van der Waals surface area contributed by atoms with Crippen LogP contribution < -0.4 is 10.2 Å². The van der Waals surface area contributed by atoms with Crippen molar-refractivity contribution in [2.75, 3.05) is 36.4 Å². The predicted molar refractivity (Wildman–Crippen MR) is 93.9 cm³/mol. The van der Waals surface area contributed by atoms with Gasteiger partial charge in [0, 0.05) is 49.5 Å². The highest BCUT2D eigenvalue weighted by Crippen LogP contribution is 2.36. The molecule has 124 valence electrons. The number of piperazine rings is 1. The first-order valence-corrected chi connectivity index (χ1v) is 9.03. The third-order valence-electron chi connectivity index (χ3n) is 5.47. The van der Waals surface area contributed by atoms with Crippen LogP contribution in [0.1, 0.15) is 32.3 Å². The van der Waals surface area contributed by atoms with Gasteiger partial charge in [0.25, 0.3) is 0 Å². The molecule has 1 amide bonds. The van der Waals surface area contributed by atoms with Crippen LogP contribution in [-0.4, -0.2) is 43.0 Å². The van der Waals surface area contributed by atoms with Crippen LogP contribution in [0.15, 0.2) is 18.2 Å². The van der Waals surface area contributed by atoms with Gasteiger partial charge < -0.3 is 10.2 Å². The number of anilines is 2. The molecule has 1 N–H and O–H groups in total. The molecule has 2 fully saturated rings. The molecule has 1 saturated heterocycles. The van der Waals surface area contributed by atoms with Crippen molar-refractivity contribution < 1.29 is 4.79 Å². The zero-order valence-electron chi connectivity index (χ0n) is 14.2. The lowest BCUT2D eigenvalue weighted by molar-refractivity contribution is -0.118. The van der Waals surface area contributed by atoms with Gasteiger partial charge in [-0.2, -0.15) is 0 Å². The van der Waals surface area contributed by atoms with Crippen molar-refractivity contribution in [1.82, 2.24) is 4.90 Å². The molecule has 23 heavy (non-hydrogen) atoms. The molecule has 4 heteroatoms. The molecule has 1 aromatic carbocycles. The fraction of sp³-hybridized carbons (Fsp3) is 0.632. The van der Waals surface area contributed by atoms with Crippen molar-refractivity contribution in [3.63, 3.8) is 0 Å². The maximum atomic E-state index is 11.9. The molecule has 3 aliphatic rings. The van der Waals surface area contributed by atoms with Gasteiger partial charge in [-0.3, -0.25) is 9.69 Å². The summed E-state index contributed by atoms with van der Waals surface area (Å²) in [5, 5.41) is 3.03. The number of benzene rings is 1. The first kappa shape index (κ1) is 15.0. The lowest BCUT2D eigenvalue weighted by Crippen LogP contribution is -2.57. The van der Waals surface area contributed by atoms with Gasteiger partial charge in [-0.15, -0.1) is 0 Å². The normalized spacial score (nSPS) is 23.8. The van der Waals surface area contributed by atoms with E-state index in [1.165, 1.54) is 37.2 Å². The Morgan fingerprint density at radius 2 is 2.13 bits per heavy atom. The van der Waals surface area contributed by atoms with Crippen LogP contribution in [0.3, 0.4) is 0 Å². The minimum Gasteiger partial charge on any atom is -0.368 e. The molecule has 0 aromatic heterocycles. The van der Waals surface area contributed by atoms with Crippen LogP contribution in [-0.2, 0) is 11.2 Å². The topological polar surface area (TPSA) is 35.6 Å². The third-order valence-corrected chi connectivity index (χ3v) is 5.47. The van der Waals surface area contributed by atoms with Crippen LogP contribution in [0.25, 0.3) is 0 Å². The van der Waals surface area contributed by atoms with Crippen LogP contribution >= 0.6 is 0 Å². The highest BCUT2D eigenvalue weighted by molar-refractivity contribution is 5.92. The van der Waals surface area contributed by atoms with E-state index < -0.39 is 0 Å². The number of amides is 1. The Hall–Kier alpha value is -1.55. The SMILES string of the molecule is CC(C)C(=O)Nc1ccc2c(c1)N1CCN(CC3CC3)C(C2)C1. The van der Waals surface area contributed by atoms with E-state index in [1.54, 1.807) is 0 Å². The minimum atomic E-state index is 0.0152. The van der Waals surface area contributed by atoms with Crippen LogP contribution in [0.2, 0.25) is 0 Å². The molecule has 1 unspecified atom stereocenters. The number of rotatable bonds is 4. The zero-order chi connectivity index (χ0) is 16.0. The summed E-state index contributed by atoms with van der Waals surface area (Å²) in [6.07, 6.45) is 4.02. The predicted octanol–water partition coefficient (Wildman–Crippen LogP) is 2.74. The van der Waals surface area contributed by atoms with E-state index in [0.717, 1.165) is 31.1 Å². The number of carbonyl (C=O) groups is 1. The Kier molecular flexibility index (Phi) is 3.80. The van der Waals surface area contributed by atoms with Crippen LogP contribution in [0.5, 0.6) is 0 Å². The molecule has 2 aliphatic heterocycles. The molecule has 0 spiro atoms. The van der Waals surface area contributed by atoms with E-state index in [4.69, 9.17) is 0 Å². The Bertz CT molecular complexity index is 609. The number of hydrogen-bond acceptors (Lipinski definition) is 3. The van der Waals surface area contributed by atoms with Gasteiger partial charge in [-0.1, -0.05) is 19.9 Å². The van der Waals surface area contributed by atoms with Gasteiger partial charge >= 0.3 is 0 Å². The van der Waals surface area contributed by atoms with E-state index in [2.05, 4.69) is 33.3 Å². The van der Waals surface area contributed by atoms with Gasteiger partial charge in [0.2, 0.25) is 5.91 Å². The number of nitrogens with zero attached hydrogens (tertiary/aromatic N) is 2. The maximum absolute atomic E-state index is 11.9. The van der Waals surface area contributed by atoms with Crippen molar-refractivity contribution in [2.24, 2.45) is 11.8 Å². The lowest BCUT2D eigenvalue weighted by atomic mass is 9.94. The average Bonchev–Trinajstić information content (AvgIpc) is 3.34. The molecule has 2 bridgehead atoms. The van der Waals surface area contributed by atoms with Crippen molar-refractivity contribution >= 4 is 17.3 Å². The van der Waals surface area contributed by atoms with E-state index >= 15 is 0 Å². The zero-order valence-corrected chi connectivity index (χ0v) is 14.2. The summed E-state index contributed by atoms with van der Waals surface area (Å²) in [5.74, 6) is 1.07. The van der Waals surface area contributed by atoms with Gasteiger partial charge in [0.1, 0.15) is 0 Å². The van der Waals surface area contributed by atoms with Gasteiger partial charge in [0.15, 0.2) is 0 Å². The van der Waals surface area contributed by atoms with E-state index in [9.17, 15) is 4.79 Å². The summed E-state index contributed by atoms with van der Waals surface area (Å²) < 4.78 is 0. The first-order chi connectivity index (χ1) is 11.1. The number of nitrogens with one attached hydrogen (secondary N) is 1. The molecule has 4 rings (SSSR count). The summed E-state index contributed by atoms with van der Waals surface area (Å²) in [6.45, 7) is 8.59. The Balaban J connectivity index is 1.51. The summed E-state index contributed by atoms with van der Waals surface area (Å²) >= 11 is 0. The number of carbonyl (C=O) groups excluding carboxylic acids is 1. The Morgan fingerprint density at radius 1 is 1.30 bits per heavy atom. The monoisotopic (exact) mass is 313 g/mol. The van der Waals surface area contributed by atoms with Gasteiger partial charge in [-0.05, 0) is 42.9 Å². The van der Waals surface area contributed by atoms with E-state index in [1.807, 2.05) is 13.8 Å².